The SMILES string of the molecule is C=C(F)OC(F)(F)C(F)(OC(F)(F)C(F)(F)S(=O)(=O)F)C(F)(F)OC(F)(F)F. The fourth-order valence-corrected chi connectivity index (χ4v) is 1.41. The van der Waals surface area contributed by atoms with Crippen LogP contribution in [-0.2, 0) is 24.4 Å². The Balaban J connectivity index is 6.63. The molecule has 0 aliphatic carbocycles. The van der Waals surface area contributed by atoms with Crippen LogP contribution < -0.4 is 0 Å². The van der Waals surface area contributed by atoms with Gasteiger partial charge < -0.3 is 4.74 Å². The molecule has 0 spiro atoms. The summed E-state index contributed by atoms with van der Waals surface area (Å²) in [6.07, 6.45) is -29.0. The molecular weight excluding hydrogens is 474 g/mol. The van der Waals surface area contributed by atoms with Gasteiger partial charge >= 0.3 is 46.0 Å². The number of rotatable bonds is 9. The summed E-state index contributed by atoms with van der Waals surface area (Å²) >= 11 is 0. The van der Waals surface area contributed by atoms with Gasteiger partial charge in [0.15, 0.2) is 0 Å². The standard InChI is InChI=1S/C8H2F14O5S/c1-2(9)25-4(11,12)3(10,5(13,14)27-8(19,20)21)26-6(15,16)7(17,18)28(22,23)24/h1H2. The number of hydrogen-bond donors (Lipinski definition) is 0. The first-order valence-corrected chi connectivity index (χ1v) is 6.86. The van der Waals surface area contributed by atoms with Crippen LogP contribution in [-0.4, -0.2) is 44.2 Å². The summed E-state index contributed by atoms with van der Waals surface area (Å²) in [5.74, 6) is -7.55. The highest BCUT2D eigenvalue weighted by atomic mass is 32.3. The lowest BCUT2D eigenvalue weighted by atomic mass is 10.2. The molecule has 0 aromatic carbocycles. The Morgan fingerprint density at radius 1 is 0.714 bits per heavy atom. The maximum Gasteiger partial charge on any atom is 0.527 e. The molecule has 0 N–H and O–H groups in total. The van der Waals surface area contributed by atoms with Crippen molar-refractivity contribution in [3.8, 4) is 0 Å². The fourth-order valence-electron chi connectivity index (χ4n) is 1.08. The third kappa shape index (κ3) is 5.07. The van der Waals surface area contributed by atoms with Crippen LogP contribution in [0, 0.1) is 0 Å². The normalized spacial score (nSPS) is 17.2. The molecule has 0 rings (SSSR count). The molecule has 20 heteroatoms. The van der Waals surface area contributed by atoms with Gasteiger partial charge in [-0.15, -0.1) is 13.2 Å². The highest BCUT2D eigenvalue weighted by molar-refractivity contribution is 7.87. The van der Waals surface area contributed by atoms with Gasteiger partial charge in [0.1, 0.15) is 0 Å². The van der Waals surface area contributed by atoms with Crippen LogP contribution in [0.5, 0.6) is 0 Å². The molecule has 1 atom stereocenters. The number of hydrogen-bond acceptors (Lipinski definition) is 5. The monoisotopic (exact) mass is 476 g/mol. The average molecular weight is 476 g/mol. The van der Waals surface area contributed by atoms with E-state index in [2.05, 4.69) is 4.74 Å². The second-order valence-corrected chi connectivity index (χ2v) is 5.60. The average Bonchev–Trinajstić information content (AvgIpc) is 2.31. The van der Waals surface area contributed by atoms with Crippen LogP contribution in [0.4, 0.5) is 61.0 Å². The van der Waals surface area contributed by atoms with Gasteiger partial charge in [-0.1, -0.05) is 3.89 Å². The number of ether oxygens (including phenoxy) is 3. The van der Waals surface area contributed by atoms with Gasteiger partial charge in [-0.2, -0.15) is 52.3 Å². The Labute approximate surface area is 143 Å². The maximum absolute atomic E-state index is 13.8. The van der Waals surface area contributed by atoms with Crippen molar-refractivity contribution in [1.29, 1.82) is 0 Å². The van der Waals surface area contributed by atoms with Gasteiger partial charge in [0.2, 0.25) is 0 Å². The van der Waals surface area contributed by atoms with Crippen molar-refractivity contribution in [2.75, 3.05) is 0 Å². The molecule has 1 unspecified atom stereocenters. The van der Waals surface area contributed by atoms with Crippen molar-refractivity contribution in [3.63, 3.8) is 0 Å². The second kappa shape index (κ2) is 7.04. The molecule has 0 aliphatic heterocycles. The minimum absolute atomic E-state index is 1.44. The molecule has 28 heavy (non-hydrogen) atoms. The molecular formula is C8H2F14O5S. The molecule has 0 aromatic heterocycles. The predicted octanol–water partition coefficient (Wildman–Crippen LogP) is 4.33. The van der Waals surface area contributed by atoms with Crippen molar-refractivity contribution in [3.05, 3.63) is 12.6 Å². The van der Waals surface area contributed by atoms with Crippen molar-refractivity contribution >= 4 is 10.2 Å². The van der Waals surface area contributed by atoms with Gasteiger partial charge in [0.05, 0.1) is 0 Å². The van der Waals surface area contributed by atoms with Gasteiger partial charge in [-0.3, -0.25) is 4.74 Å². The molecule has 0 heterocycles. The molecule has 0 saturated carbocycles. The van der Waals surface area contributed by atoms with E-state index < -0.39 is 52.0 Å². The second-order valence-electron chi connectivity index (χ2n) is 4.21. The van der Waals surface area contributed by atoms with Crippen molar-refractivity contribution in [2.24, 2.45) is 0 Å². The van der Waals surface area contributed by atoms with E-state index in [0.717, 1.165) is 0 Å². The first-order valence-electron chi connectivity index (χ1n) is 5.48. The predicted molar refractivity (Wildman–Crippen MR) is 53.2 cm³/mol. The lowest BCUT2D eigenvalue weighted by molar-refractivity contribution is -0.555. The van der Waals surface area contributed by atoms with E-state index >= 15 is 0 Å². The number of halogens is 14. The zero-order chi connectivity index (χ0) is 23.2. The van der Waals surface area contributed by atoms with Crippen molar-refractivity contribution < 1.29 is 83.6 Å². The summed E-state index contributed by atoms with van der Waals surface area (Å²) in [7, 11) is -7.94. The van der Waals surface area contributed by atoms with Crippen LogP contribution in [0.15, 0.2) is 12.6 Å². The van der Waals surface area contributed by atoms with E-state index in [9.17, 15) is 69.4 Å². The van der Waals surface area contributed by atoms with E-state index in [1.807, 2.05) is 0 Å². The zero-order valence-corrected chi connectivity index (χ0v) is 12.8. The maximum atomic E-state index is 13.8. The summed E-state index contributed by atoms with van der Waals surface area (Å²) in [6, 6.07) is -3.06. The van der Waals surface area contributed by atoms with Crippen LogP contribution in [0.25, 0.3) is 0 Å². The van der Waals surface area contributed by atoms with Crippen molar-refractivity contribution in [1.82, 2.24) is 0 Å². The third-order valence-corrected chi connectivity index (χ3v) is 3.00. The summed E-state index contributed by atoms with van der Waals surface area (Å²) in [5, 5.41) is -7.42. The topological polar surface area (TPSA) is 61.8 Å². The van der Waals surface area contributed by atoms with Crippen LogP contribution >= 0.6 is 0 Å². The molecule has 168 valence electrons. The minimum Gasteiger partial charge on any atom is -0.402 e. The molecule has 0 amide bonds. The Morgan fingerprint density at radius 2 is 1.11 bits per heavy atom. The quantitative estimate of drug-likeness (QED) is 0.282. The Kier molecular flexibility index (Phi) is 6.65. The van der Waals surface area contributed by atoms with E-state index in [-0.39, 0.29) is 0 Å². The summed E-state index contributed by atoms with van der Waals surface area (Å²) in [4.78, 5) is 0. The zero-order valence-electron chi connectivity index (χ0n) is 11.9. The summed E-state index contributed by atoms with van der Waals surface area (Å²) in [6.45, 7) is 1.70. The highest BCUT2D eigenvalue weighted by Gasteiger charge is 2.83. The van der Waals surface area contributed by atoms with E-state index in [4.69, 9.17) is 0 Å². The van der Waals surface area contributed by atoms with Gasteiger partial charge in [-0.05, 0) is 6.58 Å². The Morgan fingerprint density at radius 3 is 1.39 bits per heavy atom. The first-order chi connectivity index (χ1) is 11.8. The van der Waals surface area contributed by atoms with Crippen molar-refractivity contribution in [2.45, 2.75) is 35.8 Å². The lowest BCUT2D eigenvalue weighted by Crippen LogP contribution is -2.66. The van der Waals surface area contributed by atoms with Gasteiger partial charge in [0.25, 0.3) is 6.01 Å². The summed E-state index contributed by atoms with van der Waals surface area (Å²) < 4.78 is 203. The molecule has 0 saturated heterocycles. The van der Waals surface area contributed by atoms with E-state index in [1.165, 1.54) is 4.74 Å². The fraction of sp³-hybridized carbons (Fsp3) is 0.750. The van der Waals surface area contributed by atoms with Crippen LogP contribution in [0.2, 0.25) is 0 Å². The smallest absolute Gasteiger partial charge is 0.402 e. The lowest BCUT2D eigenvalue weighted by Gasteiger charge is -2.38. The minimum atomic E-state index is -7.94. The number of alkyl halides is 12. The van der Waals surface area contributed by atoms with E-state index in [1.54, 1.807) is 11.3 Å². The van der Waals surface area contributed by atoms with Crippen LogP contribution in [0.3, 0.4) is 0 Å². The van der Waals surface area contributed by atoms with Gasteiger partial charge in [-0.25, -0.2) is 4.74 Å². The van der Waals surface area contributed by atoms with E-state index in [0.29, 0.717) is 0 Å². The highest BCUT2D eigenvalue weighted by Crippen LogP contribution is 2.54. The largest absolute Gasteiger partial charge is 0.527 e. The summed E-state index contributed by atoms with van der Waals surface area (Å²) in [5.41, 5.74) is 0. The molecule has 0 bridgehead atoms. The third-order valence-electron chi connectivity index (χ3n) is 2.15. The molecule has 0 fully saturated rings. The van der Waals surface area contributed by atoms with Gasteiger partial charge in [0, 0.05) is 0 Å². The van der Waals surface area contributed by atoms with Crippen LogP contribution in [0.1, 0.15) is 0 Å². The Bertz CT molecular complexity index is 699. The molecule has 0 aromatic rings. The first kappa shape index (κ1) is 26.4. The molecule has 0 aliphatic rings. The molecule has 0 radical (unpaired) electrons. The molecule has 5 nitrogen and oxygen atoms in total. The Hall–Kier alpha value is -1.57.